The van der Waals surface area contributed by atoms with Crippen molar-refractivity contribution in [2.24, 2.45) is 34.5 Å². The highest BCUT2D eigenvalue weighted by Gasteiger charge is 2.67. The van der Waals surface area contributed by atoms with Crippen LogP contribution < -0.4 is 0 Å². The molecule has 138 valence electrons. The van der Waals surface area contributed by atoms with Crippen LogP contribution in [0.2, 0.25) is 0 Å². The van der Waals surface area contributed by atoms with E-state index in [1.54, 1.807) is 0 Å². The highest BCUT2D eigenvalue weighted by Crippen LogP contribution is 2.67. The van der Waals surface area contributed by atoms with Crippen molar-refractivity contribution >= 4 is 17.3 Å². The molecule has 4 fully saturated rings. The van der Waals surface area contributed by atoms with Crippen molar-refractivity contribution in [2.75, 3.05) is 0 Å². The minimum atomic E-state index is -1.27. The van der Waals surface area contributed by atoms with Gasteiger partial charge in [0.15, 0.2) is 5.78 Å². The molecule has 0 saturated heterocycles. The Hall–Kier alpha value is -1.03. The van der Waals surface area contributed by atoms with E-state index >= 15 is 0 Å². The van der Waals surface area contributed by atoms with Crippen molar-refractivity contribution in [3.63, 3.8) is 0 Å². The van der Waals surface area contributed by atoms with Crippen LogP contribution in [0.4, 0.5) is 0 Å². The summed E-state index contributed by atoms with van der Waals surface area (Å²) in [6, 6.07) is 0. The highest BCUT2D eigenvalue weighted by atomic mass is 16.3. The van der Waals surface area contributed by atoms with E-state index in [9.17, 15) is 19.5 Å². The van der Waals surface area contributed by atoms with Crippen LogP contribution in [0.3, 0.4) is 0 Å². The van der Waals surface area contributed by atoms with Crippen molar-refractivity contribution in [1.82, 2.24) is 0 Å². The van der Waals surface area contributed by atoms with Gasteiger partial charge in [0.05, 0.1) is 0 Å². The molecule has 4 rings (SSSR count). The third-order valence-corrected chi connectivity index (χ3v) is 9.02. The van der Waals surface area contributed by atoms with Gasteiger partial charge in [0, 0.05) is 30.6 Å². The molecule has 4 heteroatoms. The van der Waals surface area contributed by atoms with Crippen LogP contribution in [-0.4, -0.2) is 28.1 Å². The second-order valence-electron chi connectivity index (χ2n) is 9.77. The van der Waals surface area contributed by atoms with Crippen molar-refractivity contribution in [2.45, 2.75) is 77.7 Å². The van der Waals surface area contributed by atoms with Gasteiger partial charge >= 0.3 is 0 Å². The molecule has 0 radical (unpaired) electrons. The van der Waals surface area contributed by atoms with Crippen LogP contribution in [0.5, 0.6) is 0 Å². The molecule has 0 bridgehead atoms. The molecule has 4 aliphatic rings. The molecule has 4 aliphatic carbocycles. The number of hydrogen-bond donors (Lipinski definition) is 1. The molecule has 0 aromatic rings. The Morgan fingerprint density at radius 1 is 1.04 bits per heavy atom. The Labute approximate surface area is 149 Å². The van der Waals surface area contributed by atoms with Crippen molar-refractivity contribution < 1.29 is 19.5 Å². The van der Waals surface area contributed by atoms with E-state index in [0.717, 1.165) is 25.7 Å². The zero-order valence-corrected chi connectivity index (χ0v) is 15.6. The summed E-state index contributed by atoms with van der Waals surface area (Å²) in [4.78, 5) is 37.3. The van der Waals surface area contributed by atoms with Gasteiger partial charge in [0.25, 0.3) is 0 Å². The van der Waals surface area contributed by atoms with E-state index in [1.807, 2.05) is 6.92 Å². The number of fused-ring (bicyclic) bond motifs is 5. The predicted molar refractivity (Wildman–Crippen MR) is 92.8 cm³/mol. The summed E-state index contributed by atoms with van der Waals surface area (Å²) in [5.74, 6) is 1.00. The lowest BCUT2D eigenvalue weighted by Gasteiger charge is -2.59. The lowest BCUT2D eigenvalue weighted by atomic mass is 9.44. The summed E-state index contributed by atoms with van der Waals surface area (Å²) >= 11 is 0. The lowest BCUT2D eigenvalue weighted by molar-refractivity contribution is -0.174. The van der Waals surface area contributed by atoms with E-state index in [1.165, 1.54) is 6.92 Å². The predicted octanol–water partition coefficient (Wildman–Crippen LogP) is 3.10. The number of carbonyl (C=O) groups is 3. The first-order valence-electron chi connectivity index (χ1n) is 9.91. The molecular formula is C21H30O4. The largest absolute Gasteiger partial charge is 0.382 e. The fourth-order valence-electron chi connectivity index (χ4n) is 7.32. The summed E-state index contributed by atoms with van der Waals surface area (Å²) < 4.78 is 0. The summed E-state index contributed by atoms with van der Waals surface area (Å²) in [5.41, 5.74) is -1.70. The molecule has 0 aliphatic heterocycles. The molecule has 0 heterocycles. The van der Waals surface area contributed by atoms with Crippen LogP contribution in [0, 0.1) is 34.5 Å². The maximum Gasteiger partial charge on any atom is 0.161 e. The summed E-state index contributed by atoms with van der Waals surface area (Å²) in [6.45, 7) is 5.82. The van der Waals surface area contributed by atoms with Gasteiger partial charge in [-0.25, -0.2) is 0 Å². The molecule has 4 saturated carbocycles. The molecule has 0 aromatic carbocycles. The zero-order chi connectivity index (χ0) is 18.2. The second-order valence-corrected chi connectivity index (χ2v) is 9.77. The zero-order valence-electron chi connectivity index (χ0n) is 15.6. The van der Waals surface area contributed by atoms with Gasteiger partial charge in [-0.15, -0.1) is 0 Å². The Morgan fingerprint density at radius 3 is 2.40 bits per heavy atom. The van der Waals surface area contributed by atoms with Crippen LogP contribution in [-0.2, 0) is 14.4 Å². The Morgan fingerprint density at radius 2 is 1.72 bits per heavy atom. The normalized spacial score (nSPS) is 52.3. The van der Waals surface area contributed by atoms with E-state index in [4.69, 9.17) is 0 Å². The number of aliphatic hydroxyl groups is 1. The van der Waals surface area contributed by atoms with Crippen LogP contribution in [0.25, 0.3) is 0 Å². The highest BCUT2D eigenvalue weighted by molar-refractivity contribution is 5.88. The smallest absolute Gasteiger partial charge is 0.161 e. The number of ketones is 3. The first kappa shape index (κ1) is 17.4. The van der Waals surface area contributed by atoms with Crippen LogP contribution in [0.1, 0.15) is 72.1 Å². The molecule has 1 unspecified atom stereocenters. The van der Waals surface area contributed by atoms with Crippen LogP contribution >= 0.6 is 0 Å². The summed E-state index contributed by atoms with van der Waals surface area (Å²) in [7, 11) is 0. The monoisotopic (exact) mass is 346 g/mol. The first-order valence-corrected chi connectivity index (χ1v) is 9.91. The molecular weight excluding hydrogens is 316 g/mol. The molecule has 0 aromatic heterocycles. The van der Waals surface area contributed by atoms with Crippen molar-refractivity contribution in [3.8, 4) is 0 Å². The second kappa shape index (κ2) is 5.25. The van der Waals surface area contributed by atoms with Crippen molar-refractivity contribution in [1.29, 1.82) is 0 Å². The molecule has 0 spiro atoms. The van der Waals surface area contributed by atoms with Gasteiger partial charge in [-0.05, 0) is 62.2 Å². The molecule has 25 heavy (non-hydrogen) atoms. The maximum absolute atomic E-state index is 13.1. The molecule has 0 amide bonds. The first-order chi connectivity index (χ1) is 11.6. The van der Waals surface area contributed by atoms with E-state index in [0.29, 0.717) is 37.4 Å². The minimum absolute atomic E-state index is 0.0402. The third-order valence-electron chi connectivity index (χ3n) is 9.02. The van der Waals surface area contributed by atoms with Gasteiger partial charge in [-0.1, -0.05) is 13.8 Å². The standard InChI is InChI=1S/C21H30O4/c1-12(22)21(25)9-6-16-18-15(5-8-20(16,21)3)19(2)7-4-14(23)10-13(19)11-17(18)24/h13,15-16,18,25H,4-11H2,1-3H3/t13?,15-,16-,18+,19-,20-,21-/m0/s1. The topological polar surface area (TPSA) is 71.4 Å². The Balaban J connectivity index is 1.72. The molecule has 7 atom stereocenters. The minimum Gasteiger partial charge on any atom is -0.382 e. The number of hydrogen-bond acceptors (Lipinski definition) is 4. The Kier molecular flexibility index (Phi) is 3.65. The van der Waals surface area contributed by atoms with Gasteiger partial charge in [-0.3, -0.25) is 14.4 Å². The summed E-state index contributed by atoms with van der Waals surface area (Å²) in [6.07, 6.45) is 5.55. The average molecular weight is 346 g/mol. The molecule has 1 N–H and O–H groups in total. The fraction of sp³-hybridized carbons (Fsp3) is 0.857. The number of rotatable bonds is 1. The average Bonchev–Trinajstić information content (AvgIpc) is 2.82. The van der Waals surface area contributed by atoms with E-state index < -0.39 is 11.0 Å². The maximum atomic E-state index is 13.1. The lowest BCUT2D eigenvalue weighted by Crippen LogP contribution is -2.60. The van der Waals surface area contributed by atoms with E-state index in [2.05, 4.69) is 6.92 Å². The fourth-order valence-corrected chi connectivity index (χ4v) is 7.32. The van der Waals surface area contributed by atoms with Crippen LogP contribution in [0.15, 0.2) is 0 Å². The number of Topliss-reactive ketones (excluding diaryl/α,β-unsaturated/α-hetero) is 3. The molecule has 4 nitrogen and oxygen atoms in total. The number of carbonyl (C=O) groups excluding carboxylic acids is 3. The quantitative estimate of drug-likeness (QED) is 0.792. The van der Waals surface area contributed by atoms with Gasteiger partial charge in [-0.2, -0.15) is 0 Å². The Bertz CT molecular complexity index is 654. The summed E-state index contributed by atoms with van der Waals surface area (Å²) in [5, 5.41) is 11.1. The van der Waals surface area contributed by atoms with Crippen molar-refractivity contribution in [3.05, 3.63) is 0 Å². The third kappa shape index (κ3) is 2.06. The van der Waals surface area contributed by atoms with Gasteiger partial charge < -0.3 is 5.11 Å². The van der Waals surface area contributed by atoms with Gasteiger partial charge in [0.1, 0.15) is 17.2 Å². The SMILES string of the molecule is CC(=O)[C@@]1(O)CC[C@H]2[C@@H]3C(=O)CC4CC(=O)CC[C@]4(C)[C@H]3CC[C@@]21C. The van der Waals surface area contributed by atoms with E-state index in [-0.39, 0.29) is 34.7 Å². The van der Waals surface area contributed by atoms with Gasteiger partial charge in [0.2, 0.25) is 0 Å².